The van der Waals surface area contributed by atoms with Crippen molar-refractivity contribution in [3.8, 4) is 0 Å². The van der Waals surface area contributed by atoms with E-state index in [1.165, 1.54) is 24.0 Å². The Labute approximate surface area is 105 Å². The third-order valence-corrected chi connectivity index (χ3v) is 5.30. The van der Waals surface area contributed by atoms with E-state index in [-0.39, 0.29) is 12.7 Å². The third kappa shape index (κ3) is 2.30. The van der Waals surface area contributed by atoms with Crippen LogP contribution in [0.2, 0.25) is 0 Å². The van der Waals surface area contributed by atoms with Crippen molar-refractivity contribution in [1.82, 2.24) is 0 Å². The summed E-state index contributed by atoms with van der Waals surface area (Å²) in [4.78, 5) is 0. The Balaban J connectivity index is 2.23. The second-order valence-electron chi connectivity index (χ2n) is 6.44. The van der Waals surface area contributed by atoms with Gasteiger partial charge in [-0.3, -0.25) is 0 Å². The van der Waals surface area contributed by atoms with Gasteiger partial charge in [-0.05, 0) is 61.9 Å². The number of hydrogen-bond donors (Lipinski definition) is 2. The van der Waals surface area contributed by atoms with Crippen molar-refractivity contribution < 1.29 is 10.2 Å². The Kier molecular flexibility index (Phi) is 3.65. The standard InChI is InChI=1S/C15H26O2/c1-10(9-16)12-4-6-15(3)7-5-14(17)11(2)13(15)8-12/h10,12,14,16-17H,4-9H2,1-3H3. The molecule has 2 aliphatic carbocycles. The smallest absolute Gasteiger partial charge is 0.0750 e. The molecule has 0 bridgehead atoms. The summed E-state index contributed by atoms with van der Waals surface area (Å²) in [5.74, 6) is 0.988. The molecule has 0 aliphatic heterocycles. The Morgan fingerprint density at radius 3 is 2.65 bits per heavy atom. The summed E-state index contributed by atoms with van der Waals surface area (Å²) < 4.78 is 0. The fraction of sp³-hybridized carbons (Fsp3) is 0.867. The number of rotatable bonds is 2. The van der Waals surface area contributed by atoms with Gasteiger partial charge in [0.25, 0.3) is 0 Å². The number of allylic oxidation sites excluding steroid dienone is 1. The van der Waals surface area contributed by atoms with E-state index in [0.717, 1.165) is 19.3 Å². The first-order valence-corrected chi connectivity index (χ1v) is 6.97. The van der Waals surface area contributed by atoms with Crippen LogP contribution in [0.4, 0.5) is 0 Å². The van der Waals surface area contributed by atoms with E-state index in [1.54, 1.807) is 0 Å². The molecule has 2 rings (SSSR count). The molecule has 0 aromatic rings. The molecule has 0 saturated heterocycles. The summed E-state index contributed by atoms with van der Waals surface area (Å²) in [6.45, 7) is 6.89. The molecule has 0 spiro atoms. The van der Waals surface area contributed by atoms with Crippen molar-refractivity contribution in [2.24, 2.45) is 17.3 Å². The Morgan fingerprint density at radius 2 is 2.00 bits per heavy atom. The minimum absolute atomic E-state index is 0.221. The molecular weight excluding hydrogens is 212 g/mol. The van der Waals surface area contributed by atoms with E-state index in [2.05, 4.69) is 20.8 Å². The lowest BCUT2D eigenvalue weighted by atomic mass is 9.60. The Hall–Kier alpha value is -0.340. The highest BCUT2D eigenvalue weighted by atomic mass is 16.3. The average molecular weight is 238 g/mol. The van der Waals surface area contributed by atoms with Crippen LogP contribution in [0.5, 0.6) is 0 Å². The minimum Gasteiger partial charge on any atom is -0.396 e. The predicted octanol–water partition coefficient (Wildman–Crippen LogP) is 2.89. The number of hydrogen-bond acceptors (Lipinski definition) is 2. The van der Waals surface area contributed by atoms with Crippen LogP contribution in [0.1, 0.15) is 52.9 Å². The van der Waals surface area contributed by atoms with Gasteiger partial charge in [-0.25, -0.2) is 0 Å². The molecule has 1 saturated carbocycles. The van der Waals surface area contributed by atoms with Gasteiger partial charge in [-0.2, -0.15) is 0 Å². The number of aliphatic hydroxyl groups is 2. The maximum atomic E-state index is 10.0. The van der Waals surface area contributed by atoms with Gasteiger partial charge in [-0.15, -0.1) is 0 Å². The van der Waals surface area contributed by atoms with Crippen LogP contribution in [0.3, 0.4) is 0 Å². The van der Waals surface area contributed by atoms with Crippen molar-refractivity contribution in [1.29, 1.82) is 0 Å². The third-order valence-electron chi connectivity index (χ3n) is 5.30. The Morgan fingerprint density at radius 1 is 1.35 bits per heavy atom. The van der Waals surface area contributed by atoms with E-state index < -0.39 is 0 Å². The zero-order valence-corrected chi connectivity index (χ0v) is 11.4. The molecule has 98 valence electrons. The SMILES string of the molecule is CC1=C2CC(C(C)CO)CCC2(C)CCC1O. The Bertz CT molecular complexity index is 321. The highest BCUT2D eigenvalue weighted by molar-refractivity contribution is 5.28. The highest BCUT2D eigenvalue weighted by Gasteiger charge is 2.41. The highest BCUT2D eigenvalue weighted by Crippen LogP contribution is 2.52. The molecule has 2 N–H and O–H groups in total. The van der Waals surface area contributed by atoms with Crippen LogP contribution in [-0.2, 0) is 0 Å². The molecule has 0 radical (unpaired) electrons. The van der Waals surface area contributed by atoms with Crippen molar-refractivity contribution >= 4 is 0 Å². The lowest BCUT2D eigenvalue weighted by Crippen LogP contribution is -2.36. The summed E-state index contributed by atoms with van der Waals surface area (Å²) in [6.07, 6.45) is 5.36. The van der Waals surface area contributed by atoms with Crippen LogP contribution in [0, 0.1) is 17.3 Å². The molecule has 4 unspecified atom stereocenters. The topological polar surface area (TPSA) is 40.5 Å². The first kappa shape index (κ1) is 13.1. The van der Waals surface area contributed by atoms with Crippen LogP contribution < -0.4 is 0 Å². The van der Waals surface area contributed by atoms with Gasteiger partial charge in [0.05, 0.1) is 6.10 Å². The fourth-order valence-electron chi connectivity index (χ4n) is 3.69. The first-order valence-electron chi connectivity index (χ1n) is 6.97. The van der Waals surface area contributed by atoms with Crippen molar-refractivity contribution in [2.75, 3.05) is 6.61 Å². The molecule has 17 heavy (non-hydrogen) atoms. The lowest BCUT2D eigenvalue weighted by Gasteiger charge is -2.46. The van der Waals surface area contributed by atoms with E-state index in [0.29, 0.717) is 17.3 Å². The normalized spacial score (nSPS) is 40.1. The molecule has 1 fully saturated rings. The van der Waals surface area contributed by atoms with Gasteiger partial charge in [0.1, 0.15) is 0 Å². The fourth-order valence-corrected chi connectivity index (χ4v) is 3.69. The minimum atomic E-state index is -0.221. The van der Waals surface area contributed by atoms with Gasteiger partial charge < -0.3 is 10.2 Å². The number of fused-ring (bicyclic) bond motifs is 1. The summed E-state index contributed by atoms with van der Waals surface area (Å²) in [7, 11) is 0. The molecule has 2 aliphatic rings. The first-order chi connectivity index (χ1) is 7.98. The second-order valence-corrected chi connectivity index (χ2v) is 6.44. The van der Waals surface area contributed by atoms with E-state index in [1.807, 2.05) is 0 Å². The average Bonchev–Trinajstić information content (AvgIpc) is 2.33. The molecule has 0 amide bonds. The largest absolute Gasteiger partial charge is 0.396 e. The van der Waals surface area contributed by atoms with Crippen molar-refractivity contribution in [3.05, 3.63) is 11.1 Å². The molecule has 0 heterocycles. The van der Waals surface area contributed by atoms with E-state index in [9.17, 15) is 10.2 Å². The van der Waals surface area contributed by atoms with Crippen molar-refractivity contribution in [3.63, 3.8) is 0 Å². The zero-order chi connectivity index (χ0) is 12.6. The zero-order valence-electron chi connectivity index (χ0n) is 11.4. The van der Waals surface area contributed by atoms with Crippen molar-refractivity contribution in [2.45, 2.75) is 59.0 Å². The summed E-state index contributed by atoms with van der Waals surface area (Å²) in [5, 5.41) is 19.3. The molecule has 4 atom stereocenters. The quantitative estimate of drug-likeness (QED) is 0.726. The van der Waals surface area contributed by atoms with Gasteiger partial charge >= 0.3 is 0 Å². The molecule has 2 nitrogen and oxygen atoms in total. The van der Waals surface area contributed by atoms with Crippen LogP contribution in [0.15, 0.2) is 11.1 Å². The maximum Gasteiger partial charge on any atom is 0.0750 e. The van der Waals surface area contributed by atoms with Crippen LogP contribution >= 0.6 is 0 Å². The molecule has 0 aromatic heterocycles. The maximum absolute atomic E-state index is 10.0. The molecular formula is C15H26O2. The summed E-state index contributed by atoms with van der Waals surface area (Å²) in [5.41, 5.74) is 3.04. The van der Waals surface area contributed by atoms with Crippen LogP contribution in [0.25, 0.3) is 0 Å². The number of aliphatic hydroxyl groups excluding tert-OH is 2. The van der Waals surface area contributed by atoms with E-state index in [4.69, 9.17) is 0 Å². The summed E-state index contributed by atoms with van der Waals surface area (Å²) in [6, 6.07) is 0. The van der Waals surface area contributed by atoms with Gasteiger partial charge in [-0.1, -0.05) is 19.4 Å². The second kappa shape index (κ2) is 4.74. The molecule has 2 heteroatoms. The summed E-state index contributed by atoms with van der Waals surface area (Å²) >= 11 is 0. The van der Waals surface area contributed by atoms with Gasteiger partial charge in [0.2, 0.25) is 0 Å². The van der Waals surface area contributed by atoms with Gasteiger partial charge in [0.15, 0.2) is 0 Å². The monoisotopic (exact) mass is 238 g/mol. The van der Waals surface area contributed by atoms with Crippen LogP contribution in [-0.4, -0.2) is 22.9 Å². The van der Waals surface area contributed by atoms with Gasteiger partial charge in [0, 0.05) is 6.61 Å². The molecule has 0 aromatic carbocycles. The van der Waals surface area contributed by atoms with E-state index >= 15 is 0 Å². The lowest BCUT2D eigenvalue weighted by molar-refractivity contribution is 0.104. The predicted molar refractivity (Wildman–Crippen MR) is 69.6 cm³/mol.